The van der Waals surface area contributed by atoms with Crippen molar-refractivity contribution in [2.24, 2.45) is 5.73 Å². The van der Waals surface area contributed by atoms with Gasteiger partial charge in [0.15, 0.2) is 0 Å². The first-order valence-electron chi connectivity index (χ1n) is 5.77. The Morgan fingerprint density at radius 1 is 1.25 bits per heavy atom. The van der Waals surface area contributed by atoms with Crippen molar-refractivity contribution in [3.63, 3.8) is 0 Å². The maximum atomic E-state index is 11.9. The Labute approximate surface area is 96.2 Å². The molecule has 0 radical (unpaired) electrons. The van der Waals surface area contributed by atoms with Gasteiger partial charge >= 0.3 is 0 Å². The van der Waals surface area contributed by atoms with Gasteiger partial charge in [0.05, 0.1) is 12.1 Å². The van der Waals surface area contributed by atoms with Gasteiger partial charge in [-0.15, -0.1) is 0 Å². The summed E-state index contributed by atoms with van der Waals surface area (Å²) in [7, 11) is 1.85. The molecule has 1 saturated heterocycles. The zero-order valence-electron chi connectivity index (χ0n) is 9.60. The maximum Gasteiger partial charge on any atom is 0.239 e. The number of nitrogens with zero attached hydrogens (tertiary/aromatic N) is 1. The fourth-order valence-electron chi connectivity index (χ4n) is 2.33. The second-order valence-electron chi connectivity index (χ2n) is 4.41. The van der Waals surface area contributed by atoms with E-state index < -0.39 is 0 Å². The Kier molecular flexibility index (Phi) is 3.25. The van der Waals surface area contributed by atoms with Gasteiger partial charge in [-0.3, -0.25) is 4.79 Å². The predicted molar refractivity (Wildman–Crippen MR) is 63.8 cm³/mol. The van der Waals surface area contributed by atoms with E-state index in [1.54, 1.807) is 4.90 Å². The molecule has 1 aromatic rings. The van der Waals surface area contributed by atoms with Crippen LogP contribution in [-0.4, -0.2) is 23.9 Å². The summed E-state index contributed by atoms with van der Waals surface area (Å²) in [6, 6.07) is 10.0. The molecule has 1 heterocycles. The Hall–Kier alpha value is -1.35. The van der Waals surface area contributed by atoms with E-state index in [4.69, 9.17) is 5.73 Å². The lowest BCUT2D eigenvalue weighted by Gasteiger charge is -2.27. The molecule has 16 heavy (non-hydrogen) atoms. The quantitative estimate of drug-likeness (QED) is 0.779. The van der Waals surface area contributed by atoms with Gasteiger partial charge in [0.25, 0.3) is 0 Å². The molecular formula is C13H18N2O. The highest BCUT2D eigenvalue weighted by molar-refractivity contribution is 5.82. The molecule has 2 rings (SSSR count). The molecule has 0 bridgehead atoms. The summed E-state index contributed by atoms with van der Waals surface area (Å²) in [5.41, 5.74) is 7.02. The topological polar surface area (TPSA) is 46.3 Å². The summed E-state index contributed by atoms with van der Waals surface area (Å²) in [4.78, 5) is 13.7. The molecule has 1 aliphatic heterocycles. The molecule has 0 saturated carbocycles. The van der Waals surface area contributed by atoms with Gasteiger partial charge in [-0.05, 0) is 24.8 Å². The van der Waals surface area contributed by atoms with Crippen LogP contribution in [0.3, 0.4) is 0 Å². The van der Waals surface area contributed by atoms with Gasteiger partial charge < -0.3 is 10.6 Å². The molecule has 0 aromatic heterocycles. The normalized spacial score (nSPS) is 26.6. The SMILES string of the molecule is CN1C(=O)[C@H](N)CCC[C@H]1c1ccccc1. The average molecular weight is 218 g/mol. The fourth-order valence-corrected chi connectivity index (χ4v) is 2.33. The van der Waals surface area contributed by atoms with Gasteiger partial charge in [0.2, 0.25) is 5.91 Å². The number of likely N-dealkylation sites (N-methyl/N-ethyl adjacent to an activating group) is 1. The van der Waals surface area contributed by atoms with Crippen molar-refractivity contribution < 1.29 is 4.79 Å². The summed E-state index contributed by atoms with van der Waals surface area (Å²) >= 11 is 0. The van der Waals surface area contributed by atoms with E-state index >= 15 is 0 Å². The van der Waals surface area contributed by atoms with Crippen LogP contribution in [0.1, 0.15) is 30.9 Å². The van der Waals surface area contributed by atoms with E-state index in [-0.39, 0.29) is 18.0 Å². The number of hydrogen-bond donors (Lipinski definition) is 1. The summed E-state index contributed by atoms with van der Waals surface area (Å²) in [6.45, 7) is 0. The molecule has 0 aliphatic carbocycles. The van der Waals surface area contributed by atoms with Crippen LogP contribution < -0.4 is 5.73 Å². The largest absolute Gasteiger partial charge is 0.337 e. The van der Waals surface area contributed by atoms with Crippen LogP contribution in [0, 0.1) is 0 Å². The van der Waals surface area contributed by atoms with E-state index in [9.17, 15) is 4.79 Å². The molecular weight excluding hydrogens is 200 g/mol. The smallest absolute Gasteiger partial charge is 0.239 e. The van der Waals surface area contributed by atoms with Crippen LogP contribution in [0.25, 0.3) is 0 Å². The highest BCUT2D eigenvalue weighted by atomic mass is 16.2. The molecule has 2 atom stereocenters. The van der Waals surface area contributed by atoms with Gasteiger partial charge in [-0.1, -0.05) is 30.3 Å². The lowest BCUT2D eigenvalue weighted by Crippen LogP contribution is -2.41. The number of carbonyl (C=O) groups is 1. The first kappa shape index (κ1) is 11.1. The van der Waals surface area contributed by atoms with Gasteiger partial charge in [-0.2, -0.15) is 0 Å². The molecule has 1 fully saturated rings. The van der Waals surface area contributed by atoms with E-state index in [2.05, 4.69) is 12.1 Å². The first-order chi connectivity index (χ1) is 7.70. The van der Waals surface area contributed by atoms with E-state index in [1.807, 2.05) is 25.2 Å². The standard InChI is InChI=1S/C13H18N2O/c1-15-12(10-6-3-2-4-7-10)9-5-8-11(14)13(15)16/h2-4,6-7,11-12H,5,8-9,14H2,1H3/t11-,12+/m1/s1. The number of hydrogen-bond acceptors (Lipinski definition) is 2. The van der Waals surface area contributed by atoms with Crippen LogP contribution in [0.4, 0.5) is 0 Å². The number of nitrogens with two attached hydrogens (primary N) is 1. The van der Waals surface area contributed by atoms with Gasteiger partial charge in [-0.25, -0.2) is 0 Å². The molecule has 1 aromatic carbocycles. The zero-order valence-corrected chi connectivity index (χ0v) is 9.60. The average Bonchev–Trinajstić information content (AvgIpc) is 2.44. The molecule has 0 unspecified atom stereocenters. The number of rotatable bonds is 1. The van der Waals surface area contributed by atoms with Gasteiger partial charge in [0.1, 0.15) is 0 Å². The van der Waals surface area contributed by atoms with Crippen LogP contribution in [0.2, 0.25) is 0 Å². The lowest BCUT2D eigenvalue weighted by molar-refractivity contribution is -0.132. The number of likely N-dealkylation sites (tertiary alicyclic amines) is 1. The minimum atomic E-state index is -0.321. The minimum Gasteiger partial charge on any atom is -0.337 e. The van der Waals surface area contributed by atoms with Crippen molar-refractivity contribution >= 4 is 5.91 Å². The van der Waals surface area contributed by atoms with Crippen molar-refractivity contribution in [2.75, 3.05) is 7.05 Å². The lowest BCUT2D eigenvalue weighted by atomic mass is 10.0. The number of carbonyl (C=O) groups excluding carboxylic acids is 1. The third-order valence-corrected chi connectivity index (χ3v) is 3.31. The molecule has 1 amide bonds. The van der Waals surface area contributed by atoms with Crippen molar-refractivity contribution in [3.8, 4) is 0 Å². The number of amides is 1. The van der Waals surface area contributed by atoms with Crippen molar-refractivity contribution in [3.05, 3.63) is 35.9 Å². The molecule has 2 N–H and O–H groups in total. The Morgan fingerprint density at radius 2 is 1.94 bits per heavy atom. The Morgan fingerprint density at radius 3 is 2.62 bits per heavy atom. The highest BCUT2D eigenvalue weighted by Crippen LogP contribution is 2.28. The van der Waals surface area contributed by atoms with Crippen LogP contribution in [0.5, 0.6) is 0 Å². The van der Waals surface area contributed by atoms with Gasteiger partial charge in [0, 0.05) is 7.05 Å². The predicted octanol–water partition coefficient (Wildman–Crippen LogP) is 1.70. The minimum absolute atomic E-state index is 0.0614. The van der Waals surface area contributed by atoms with E-state index in [1.165, 1.54) is 5.56 Å². The second-order valence-corrected chi connectivity index (χ2v) is 4.41. The van der Waals surface area contributed by atoms with Crippen LogP contribution in [0.15, 0.2) is 30.3 Å². The summed E-state index contributed by atoms with van der Waals surface area (Å²) in [5, 5.41) is 0. The summed E-state index contributed by atoms with van der Waals surface area (Å²) in [5.74, 6) is 0.0614. The monoisotopic (exact) mass is 218 g/mol. The third kappa shape index (κ3) is 2.09. The Balaban J connectivity index is 2.24. The molecule has 1 aliphatic rings. The van der Waals surface area contributed by atoms with E-state index in [0.717, 1.165) is 19.3 Å². The van der Waals surface area contributed by atoms with Crippen molar-refractivity contribution in [1.82, 2.24) is 4.90 Å². The fraction of sp³-hybridized carbons (Fsp3) is 0.462. The van der Waals surface area contributed by atoms with Crippen LogP contribution in [-0.2, 0) is 4.79 Å². The van der Waals surface area contributed by atoms with Crippen LogP contribution >= 0.6 is 0 Å². The number of benzene rings is 1. The molecule has 3 heteroatoms. The molecule has 0 spiro atoms. The molecule has 3 nitrogen and oxygen atoms in total. The first-order valence-corrected chi connectivity index (χ1v) is 5.77. The van der Waals surface area contributed by atoms with E-state index in [0.29, 0.717) is 0 Å². The highest BCUT2D eigenvalue weighted by Gasteiger charge is 2.28. The third-order valence-electron chi connectivity index (χ3n) is 3.31. The molecule has 86 valence electrons. The maximum absolute atomic E-state index is 11.9. The zero-order chi connectivity index (χ0) is 11.5. The van der Waals surface area contributed by atoms with Crippen molar-refractivity contribution in [1.29, 1.82) is 0 Å². The Bertz CT molecular complexity index is 363. The van der Waals surface area contributed by atoms with Crippen molar-refractivity contribution in [2.45, 2.75) is 31.3 Å². The second kappa shape index (κ2) is 4.66. The summed E-state index contributed by atoms with van der Waals surface area (Å²) in [6.07, 6.45) is 2.81. The summed E-state index contributed by atoms with van der Waals surface area (Å²) < 4.78 is 0.